The van der Waals surface area contributed by atoms with Gasteiger partial charge in [0.2, 0.25) is 5.91 Å². The second-order valence-electron chi connectivity index (χ2n) is 8.00. The molecule has 2 heterocycles. The van der Waals surface area contributed by atoms with Gasteiger partial charge >= 0.3 is 5.97 Å². The fraction of sp³-hybridized carbons (Fsp3) is 0.280. The largest absolute Gasteiger partial charge is 0.422 e. The number of piperidine rings is 1. The van der Waals surface area contributed by atoms with Gasteiger partial charge in [-0.05, 0) is 62.2 Å². The SMILES string of the molecule is Cc1ccc(C(=O)Oc2ccccc2/C=C2\SC(=O)N(CC(=O)N3CCCCC3)C2=O)cc1. The van der Waals surface area contributed by atoms with E-state index in [2.05, 4.69) is 0 Å². The number of hydrogen-bond acceptors (Lipinski definition) is 6. The molecule has 170 valence electrons. The van der Waals surface area contributed by atoms with E-state index in [9.17, 15) is 19.2 Å². The second kappa shape index (κ2) is 10.0. The first-order valence-corrected chi connectivity index (χ1v) is 11.6. The highest BCUT2D eigenvalue weighted by Gasteiger charge is 2.37. The molecule has 0 unspecified atom stereocenters. The summed E-state index contributed by atoms with van der Waals surface area (Å²) in [5.74, 6) is -0.976. The van der Waals surface area contributed by atoms with Crippen LogP contribution in [0, 0.1) is 6.92 Å². The zero-order valence-electron chi connectivity index (χ0n) is 18.3. The van der Waals surface area contributed by atoms with Gasteiger partial charge in [-0.3, -0.25) is 19.3 Å². The van der Waals surface area contributed by atoms with Crippen LogP contribution in [-0.2, 0) is 9.59 Å². The van der Waals surface area contributed by atoms with Crippen LogP contribution in [0.25, 0.3) is 6.08 Å². The number of aryl methyl sites for hydroxylation is 1. The predicted octanol–water partition coefficient (Wildman–Crippen LogP) is 4.26. The highest BCUT2D eigenvalue weighted by Crippen LogP contribution is 2.34. The van der Waals surface area contributed by atoms with Crippen molar-refractivity contribution in [2.75, 3.05) is 19.6 Å². The minimum atomic E-state index is -0.518. The lowest BCUT2D eigenvalue weighted by Crippen LogP contribution is -2.44. The number of imide groups is 1. The molecule has 0 saturated carbocycles. The van der Waals surface area contributed by atoms with E-state index in [-0.39, 0.29) is 23.1 Å². The number of amides is 3. The van der Waals surface area contributed by atoms with Crippen molar-refractivity contribution in [1.29, 1.82) is 0 Å². The first-order chi connectivity index (χ1) is 15.9. The number of carbonyl (C=O) groups is 4. The van der Waals surface area contributed by atoms with Crippen LogP contribution in [0.15, 0.2) is 53.4 Å². The normalized spacial score (nSPS) is 17.5. The van der Waals surface area contributed by atoms with Crippen LogP contribution >= 0.6 is 11.8 Å². The lowest BCUT2D eigenvalue weighted by molar-refractivity contribution is -0.136. The number of nitrogens with zero attached hydrogens (tertiary/aromatic N) is 2. The molecule has 0 radical (unpaired) electrons. The molecule has 7 nitrogen and oxygen atoms in total. The maximum absolute atomic E-state index is 12.9. The van der Waals surface area contributed by atoms with E-state index in [1.54, 1.807) is 41.3 Å². The van der Waals surface area contributed by atoms with Crippen LogP contribution in [0.2, 0.25) is 0 Å². The molecule has 33 heavy (non-hydrogen) atoms. The number of para-hydroxylation sites is 1. The number of thioether (sulfide) groups is 1. The van der Waals surface area contributed by atoms with Crippen molar-refractivity contribution >= 4 is 40.9 Å². The Morgan fingerprint density at radius 1 is 1.00 bits per heavy atom. The molecule has 8 heteroatoms. The van der Waals surface area contributed by atoms with Gasteiger partial charge in [0, 0.05) is 18.7 Å². The summed E-state index contributed by atoms with van der Waals surface area (Å²) in [5, 5.41) is -0.481. The number of ether oxygens (including phenoxy) is 1. The quantitative estimate of drug-likeness (QED) is 0.373. The van der Waals surface area contributed by atoms with Crippen LogP contribution in [0.4, 0.5) is 4.79 Å². The van der Waals surface area contributed by atoms with Crippen LogP contribution in [-0.4, -0.2) is 52.5 Å². The lowest BCUT2D eigenvalue weighted by atomic mass is 10.1. The molecular weight excluding hydrogens is 440 g/mol. The topological polar surface area (TPSA) is 84.0 Å². The fourth-order valence-electron chi connectivity index (χ4n) is 3.70. The van der Waals surface area contributed by atoms with Crippen molar-refractivity contribution in [3.05, 3.63) is 70.1 Å². The monoisotopic (exact) mass is 464 g/mol. The minimum Gasteiger partial charge on any atom is -0.422 e. The molecule has 2 saturated heterocycles. The van der Waals surface area contributed by atoms with Gasteiger partial charge in [0.05, 0.1) is 10.5 Å². The first-order valence-electron chi connectivity index (χ1n) is 10.8. The molecule has 0 atom stereocenters. The number of rotatable bonds is 5. The maximum Gasteiger partial charge on any atom is 0.343 e. The summed E-state index contributed by atoms with van der Waals surface area (Å²) in [6, 6.07) is 13.8. The number of benzene rings is 2. The number of esters is 1. The molecule has 2 aliphatic heterocycles. The smallest absolute Gasteiger partial charge is 0.343 e. The first kappa shape index (κ1) is 22.8. The third kappa shape index (κ3) is 5.34. The van der Waals surface area contributed by atoms with Gasteiger partial charge in [0.1, 0.15) is 12.3 Å². The predicted molar refractivity (Wildman–Crippen MR) is 126 cm³/mol. The third-order valence-electron chi connectivity index (χ3n) is 5.57. The van der Waals surface area contributed by atoms with Crippen LogP contribution < -0.4 is 4.74 Å². The van der Waals surface area contributed by atoms with E-state index in [0.29, 0.717) is 24.2 Å². The van der Waals surface area contributed by atoms with Gasteiger partial charge in [0.15, 0.2) is 0 Å². The third-order valence-corrected chi connectivity index (χ3v) is 6.48. The standard InChI is InChI=1S/C25H24N2O5S/c1-17-9-11-18(12-10-17)24(30)32-20-8-4-3-7-19(20)15-21-23(29)27(25(31)33-21)16-22(28)26-13-5-2-6-14-26/h3-4,7-12,15H,2,5-6,13-14,16H2,1H3/b21-15-. The summed E-state index contributed by atoms with van der Waals surface area (Å²) in [5.41, 5.74) is 1.93. The highest BCUT2D eigenvalue weighted by molar-refractivity contribution is 8.18. The highest BCUT2D eigenvalue weighted by atomic mass is 32.2. The van der Waals surface area contributed by atoms with Crippen molar-refractivity contribution < 1.29 is 23.9 Å². The molecule has 0 N–H and O–H groups in total. The van der Waals surface area contributed by atoms with Crippen LogP contribution in [0.3, 0.4) is 0 Å². The van der Waals surface area contributed by atoms with Gasteiger partial charge in [-0.25, -0.2) is 4.79 Å². The summed E-state index contributed by atoms with van der Waals surface area (Å²) in [6.07, 6.45) is 4.48. The second-order valence-corrected chi connectivity index (χ2v) is 9.00. The molecule has 3 amide bonds. The van der Waals surface area contributed by atoms with Crippen molar-refractivity contribution in [2.45, 2.75) is 26.2 Å². The molecule has 0 spiro atoms. The summed E-state index contributed by atoms with van der Waals surface area (Å²) in [4.78, 5) is 53.3. The minimum absolute atomic E-state index is 0.185. The van der Waals surface area contributed by atoms with Crippen molar-refractivity contribution in [1.82, 2.24) is 9.80 Å². The number of carbonyl (C=O) groups excluding carboxylic acids is 4. The molecule has 2 aromatic rings. The average molecular weight is 465 g/mol. The van der Waals surface area contributed by atoms with Gasteiger partial charge in [0.25, 0.3) is 11.1 Å². The van der Waals surface area contributed by atoms with Crippen LogP contribution in [0.1, 0.15) is 40.7 Å². The number of hydrogen-bond donors (Lipinski definition) is 0. The zero-order chi connectivity index (χ0) is 23.4. The molecule has 0 bridgehead atoms. The molecule has 4 rings (SSSR count). The van der Waals surface area contributed by atoms with Crippen molar-refractivity contribution in [3.63, 3.8) is 0 Å². The van der Waals surface area contributed by atoms with Crippen molar-refractivity contribution in [2.24, 2.45) is 0 Å². The summed E-state index contributed by atoms with van der Waals surface area (Å²) < 4.78 is 5.55. The van der Waals surface area contributed by atoms with Gasteiger partial charge < -0.3 is 9.64 Å². The molecule has 2 aromatic carbocycles. The Kier molecular flexibility index (Phi) is 6.93. The average Bonchev–Trinajstić information content (AvgIpc) is 3.08. The van der Waals surface area contributed by atoms with E-state index >= 15 is 0 Å². The molecular formula is C25H24N2O5S. The van der Waals surface area contributed by atoms with E-state index in [0.717, 1.165) is 41.5 Å². The fourth-order valence-corrected chi connectivity index (χ4v) is 4.53. The molecule has 2 fully saturated rings. The lowest BCUT2D eigenvalue weighted by Gasteiger charge is -2.27. The Balaban J connectivity index is 1.49. The van der Waals surface area contributed by atoms with Gasteiger partial charge in [-0.2, -0.15) is 0 Å². The van der Waals surface area contributed by atoms with Gasteiger partial charge in [-0.1, -0.05) is 35.9 Å². The Labute approximate surface area is 196 Å². The maximum atomic E-state index is 12.9. The molecule has 0 aromatic heterocycles. The van der Waals surface area contributed by atoms with E-state index in [1.807, 2.05) is 19.1 Å². The summed E-state index contributed by atoms with van der Waals surface area (Å²) in [6.45, 7) is 2.98. The van der Waals surface area contributed by atoms with E-state index < -0.39 is 17.1 Å². The number of likely N-dealkylation sites (tertiary alicyclic amines) is 1. The van der Waals surface area contributed by atoms with Crippen LogP contribution in [0.5, 0.6) is 5.75 Å². The van der Waals surface area contributed by atoms with Gasteiger partial charge in [-0.15, -0.1) is 0 Å². The van der Waals surface area contributed by atoms with E-state index in [4.69, 9.17) is 4.74 Å². The summed E-state index contributed by atoms with van der Waals surface area (Å²) >= 11 is 0.778. The van der Waals surface area contributed by atoms with Crippen molar-refractivity contribution in [3.8, 4) is 5.75 Å². The Bertz CT molecular complexity index is 1120. The Morgan fingerprint density at radius 2 is 1.70 bits per heavy atom. The molecule has 0 aliphatic carbocycles. The van der Waals surface area contributed by atoms with E-state index in [1.165, 1.54) is 6.08 Å². The summed E-state index contributed by atoms with van der Waals surface area (Å²) in [7, 11) is 0. The molecule has 2 aliphatic rings. The Hall–Kier alpha value is -3.39. The zero-order valence-corrected chi connectivity index (χ0v) is 19.1. The Morgan fingerprint density at radius 3 is 2.42 bits per heavy atom.